The van der Waals surface area contributed by atoms with Crippen molar-refractivity contribution in [1.82, 2.24) is 0 Å². The van der Waals surface area contributed by atoms with E-state index < -0.39 is 17.7 Å². The fourth-order valence-electron chi connectivity index (χ4n) is 2.83. The average molecular weight is 367 g/mol. The van der Waals surface area contributed by atoms with Crippen LogP contribution in [0, 0.1) is 5.92 Å². The molecule has 2 rings (SSSR count). The second kappa shape index (κ2) is 6.16. The molecule has 1 aromatic carbocycles. The van der Waals surface area contributed by atoms with Crippen molar-refractivity contribution in [2.45, 2.75) is 43.9 Å². The smallest absolute Gasteiger partial charge is 0.391 e. The molecule has 1 aliphatic rings. The first-order valence-corrected chi connectivity index (χ1v) is 7.64. The monoisotopic (exact) mass is 366 g/mol. The summed E-state index contributed by atoms with van der Waals surface area (Å²) >= 11 is 3.41. The van der Waals surface area contributed by atoms with Crippen molar-refractivity contribution in [1.29, 1.82) is 0 Å². The zero-order valence-corrected chi connectivity index (χ0v) is 13.3. The molecule has 0 amide bonds. The highest BCUT2D eigenvalue weighted by atomic mass is 79.9. The summed E-state index contributed by atoms with van der Waals surface area (Å²) in [6, 6.07) is 5.41. The molecular weight excluding hydrogens is 349 g/mol. The Kier molecular flexibility index (Phi) is 4.88. The topological polar surface area (TPSA) is 29.5 Å². The molecule has 0 saturated heterocycles. The van der Waals surface area contributed by atoms with Gasteiger partial charge in [0.05, 0.1) is 18.6 Å². The van der Waals surface area contributed by atoms with E-state index in [-0.39, 0.29) is 25.7 Å². The Bertz CT molecular complexity index is 494. The lowest BCUT2D eigenvalue weighted by Gasteiger charge is -2.37. The minimum Gasteiger partial charge on any atom is -0.497 e. The summed E-state index contributed by atoms with van der Waals surface area (Å²) in [5.74, 6) is -0.618. The van der Waals surface area contributed by atoms with E-state index in [0.29, 0.717) is 12.2 Å². The molecule has 1 saturated carbocycles. The molecule has 0 unspecified atom stereocenters. The molecule has 2 nitrogen and oxygen atoms in total. The third-order valence-corrected chi connectivity index (χ3v) is 4.93. The number of halogens is 4. The van der Waals surface area contributed by atoms with E-state index in [1.165, 1.54) is 0 Å². The van der Waals surface area contributed by atoms with Gasteiger partial charge in [-0.15, -0.1) is 0 Å². The lowest BCUT2D eigenvalue weighted by Crippen LogP contribution is -2.39. The van der Waals surface area contributed by atoms with Gasteiger partial charge >= 0.3 is 6.18 Å². The summed E-state index contributed by atoms with van der Waals surface area (Å²) in [4.78, 5) is 0. The van der Waals surface area contributed by atoms with Gasteiger partial charge in [-0.05, 0) is 49.4 Å². The van der Waals surface area contributed by atoms with Gasteiger partial charge in [0, 0.05) is 10.9 Å². The van der Waals surface area contributed by atoms with Gasteiger partial charge in [0.15, 0.2) is 0 Å². The highest BCUT2D eigenvalue weighted by Gasteiger charge is 2.45. The predicted octanol–water partition coefficient (Wildman–Crippen LogP) is 4.48. The Morgan fingerprint density at radius 3 is 2.48 bits per heavy atom. The molecule has 0 spiro atoms. The second-order valence-corrected chi connectivity index (χ2v) is 6.53. The normalized spacial score (nSPS) is 26.7. The third kappa shape index (κ3) is 4.13. The highest BCUT2D eigenvalue weighted by molar-refractivity contribution is 9.10. The van der Waals surface area contributed by atoms with Crippen LogP contribution in [-0.4, -0.2) is 24.0 Å². The number of ether oxygens (including phenoxy) is 1. The van der Waals surface area contributed by atoms with Gasteiger partial charge in [-0.25, -0.2) is 0 Å². The second-order valence-electron chi connectivity index (χ2n) is 5.67. The molecule has 118 valence electrons. The van der Waals surface area contributed by atoms with E-state index in [1.54, 1.807) is 19.2 Å². The van der Waals surface area contributed by atoms with Crippen LogP contribution in [0.15, 0.2) is 22.7 Å². The standard InChI is InChI=1S/C15H18BrF3O2/c1-21-12-2-3-13(16)10(8-12)9-14(20)6-4-11(5-7-14)15(17,18)19/h2-3,8,11,20H,4-7,9H2,1H3. The van der Waals surface area contributed by atoms with Crippen molar-refractivity contribution < 1.29 is 23.0 Å². The molecule has 0 atom stereocenters. The average Bonchev–Trinajstić information content (AvgIpc) is 2.40. The summed E-state index contributed by atoms with van der Waals surface area (Å²) in [6.07, 6.45) is -3.52. The summed E-state index contributed by atoms with van der Waals surface area (Å²) in [5, 5.41) is 10.6. The number of methoxy groups -OCH3 is 1. The molecule has 21 heavy (non-hydrogen) atoms. The lowest BCUT2D eigenvalue weighted by molar-refractivity contribution is -0.192. The lowest BCUT2D eigenvalue weighted by atomic mass is 9.75. The van der Waals surface area contributed by atoms with Crippen molar-refractivity contribution in [3.05, 3.63) is 28.2 Å². The van der Waals surface area contributed by atoms with E-state index in [4.69, 9.17) is 4.74 Å². The Balaban J connectivity index is 2.07. The fourth-order valence-corrected chi connectivity index (χ4v) is 3.21. The molecule has 6 heteroatoms. The fraction of sp³-hybridized carbons (Fsp3) is 0.600. The maximum Gasteiger partial charge on any atom is 0.391 e. The van der Waals surface area contributed by atoms with Crippen LogP contribution in [0.2, 0.25) is 0 Å². The van der Waals surface area contributed by atoms with Crippen LogP contribution in [-0.2, 0) is 6.42 Å². The van der Waals surface area contributed by atoms with Crippen molar-refractivity contribution in [3.63, 3.8) is 0 Å². The first kappa shape index (κ1) is 16.6. The van der Waals surface area contributed by atoms with Crippen molar-refractivity contribution in [3.8, 4) is 5.75 Å². The van der Waals surface area contributed by atoms with Crippen LogP contribution in [0.5, 0.6) is 5.75 Å². The van der Waals surface area contributed by atoms with Gasteiger partial charge in [-0.1, -0.05) is 15.9 Å². The van der Waals surface area contributed by atoms with E-state index >= 15 is 0 Å². The van der Waals surface area contributed by atoms with Gasteiger partial charge in [0.25, 0.3) is 0 Å². The minimum absolute atomic E-state index is 0.0123. The maximum absolute atomic E-state index is 12.7. The summed E-state index contributed by atoms with van der Waals surface area (Å²) in [7, 11) is 1.55. The largest absolute Gasteiger partial charge is 0.497 e. The van der Waals surface area contributed by atoms with E-state index in [2.05, 4.69) is 15.9 Å². The number of rotatable bonds is 3. The first-order valence-electron chi connectivity index (χ1n) is 6.85. The molecule has 0 heterocycles. The molecular formula is C15H18BrF3O2. The summed E-state index contributed by atoms with van der Waals surface area (Å²) in [6.45, 7) is 0. The zero-order chi connectivity index (χ0) is 15.7. The van der Waals surface area contributed by atoms with E-state index in [1.807, 2.05) is 6.07 Å². The molecule has 0 aliphatic heterocycles. The van der Waals surface area contributed by atoms with E-state index in [0.717, 1.165) is 10.0 Å². The van der Waals surface area contributed by atoms with Gasteiger partial charge in [-0.3, -0.25) is 0 Å². The molecule has 1 fully saturated rings. The Labute approximate surface area is 130 Å². The van der Waals surface area contributed by atoms with Crippen LogP contribution in [0.4, 0.5) is 13.2 Å². The molecule has 1 N–H and O–H groups in total. The minimum atomic E-state index is -4.15. The molecule has 0 bridgehead atoms. The van der Waals surface area contributed by atoms with Gasteiger partial charge in [0.2, 0.25) is 0 Å². The third-order valence-electron chi connectivity index (χ3n) is 4.15. The zero-order valence-electron chi connectivity index (χ0n) is 11.7. The molecule has 1 aliphatic carbocycles. The van der Waals surface area contributed by atoms with Crippen LogP contribution in [0.1, 0.15) is 31.2 Å². The molecule has 1 aromatic rings. The van der Waals surface area contributed by atoms with Crippen molar-refractivity contribution in [2.24, 2.45) is 5.92 Å². The number of hydrogen-bond acceptors (Lipinski definition) is 2. The predicted molar refractivity (Wildman–Crippen MR) is 77.4 cm³/mol. The number of alkyl halides is 3. The Hall–Kier alpha value is -0.750. The number of aliphatic hydroxyl groups is 1. The SMILES string of the molecule is COc1ccc(Br)c(CC2(O)CCC(C(F)(F)F)CC2)c1. The Morgan fingerprint density at radius 2 is 1.95 bits per heavy atom. The van der Waals surface area contributed by atoms with E-state index in [9.17, 15) is 18.3 Å². The number of hydrogen-bond donors (Lipinski definition) is 1. The van der Waals surface area contributed by atoms with Crippen molar-refractivity contribution >= 4 is 15.9 Å². The van der Waals surface area contributed by atoms with Crippen molar-refractivity contribution in [2.75, 3.05) is 7.11 Å². The highest BCUT2D eigenvalue weighted by Crippen LogP contribution is 2.42. The van der Waals surface area contributed by atoms with Crippen LogP contribution in [0.25, 0.3) is 0 Å². The molecule has 0 radical (unpaired) electrons. The van der Waals surface area contributed by atoms with Crippen LogP contribution in [0.3, 0.4) is 0 Å². The van der Waals surface area contributed by atoms with Gasteiger partial charge in [0.1, 0.15) is 5.75 Å². The van der Waals surface area contributed by atoms with Crippen LogP contribution >= 0.6 is 15.9 Å². The van der Waals surface area contributed by atoms with Gasteiger partial charge < -0.3 is 9.84 Å². The Morgan fingerprint density at radius 1 is 1.33 bits per heavy atom. The first-order chi connectivity index (χ1) is 9.73. The van der Waals surface area contributed by atoms with Crippen LogP contribution < -0.4 is 4.74 Å². The number of benzene rings is 1. The summed E-state index contributed by atoms with van der Waals surface area (Å²) in [5.41, 5.74) is -0.223. The quantitative estimate of drug-likeness (QED) is 0.854. The maximum atomic E-state index is 12.7. The van der Waals surface area contributed by atoms with Gasteiger partial charge in [-0.2, -0.15) is 13.2 Å². The summed E-state index contributed by atoms with van der Waals surface area (Å²) < 4.78 is 44.0. The molecule has 0 aromatic heterocycles.